The maximum Gasteiger partial charge on any atom is 0.152 e. The molecular weight excluding hydrogens is 657 g/mol. The Morgan fingerprint density at radius 3 is 0.944 bits per heavy atom. The van der Waals surface area contributed by atoms with E-state index in [0.29, 0.717) is 22.3 Å². The van der Waals surface area contributed by atoms with Crippen LogP contribution >= 0.6 is 0 Å². The molecular formula is C52H40O2. The molecule has 0 heterocycles. The highest BCUT2D eigenvalue weighted by molar-refractivity contribution is 5.76. The molecule has 0 aliphatic heterocycles. The van der Waals surface area contributed by atoms with Crippen LogP contribution in [0.1, 0.15) is 74.0 Å². The lowest BCUT2D eigenvalue weighted by atomic mass is 9.48. The molecule has 0 radical (unpaired) electrons. The summed E-state index contributed by atoms with van der Waals surface area (Å²) in [5, 5.41) is 28.7. The van der Waals surface area contributed by atoms with Crippen molar-refractivity contribution >= 4 is 0 Å². The second kappa shape index (κ2) is 12.2. The van der Waals surface area contributed by atoms with Crippen LogP contribution in [0.5, 0.6) is 0 Å². The highest BCUT2D eigenvalue weighted by Gasteiger charge is 2.65. The maximum atomic E-state index is 14.4. The summed E-state index contributed by atoms with van der Waals surface area (Å²) in [6.07, 6.45) is 8.81. The predicted molar refractivity (Wildman–Crippen MR) is 216 cm³/mol. The second-order valence-electron chi connectivity index (χ2n) is 14.8. The van der Waals surface area contributed by atoms with E-state index >= 15 is 0 Å². The largest absolute Gasteiger partial charge is 0.377 e. The van der Waals surface area contributed by atoms with Crippen molar-refractivity contribution in [3.05, 3.63) is 273 Å². The van der Waals surface area contributed by atoms with Gasteiger partial charge in [-0.3, -0.25) is 0 Å². The Hall–Kier alpha value is -6.06. The average molecular weight is 697 g/mol. The first kappa shape index (κ1) is 32.6. The first-order valence-electron chi connectivity index (χ1n) is 19.0. The molecule has 0 saturated heterocycles. The van der Waals surface area contributed by atoms with E-state index in [-0.39, 0.29) is 0 Å². The third-order valence-corrected chi connectivity index (χ3v) is 12.5. The molecule has 0 bridgehead atoms. The second-order valence-corrected chi connectivity index (χ2v) is 14.8. The summed E-state index contributed by atoms with van der Waals surface area (Å²) in [5.74, 6) is 0. The monoisotopic (exact) mass is 696 g/mol. The molecule has 2 nitrogen and oxygen atoms in total. The Morgan fingerprint density at radius 2 is 0.611 bits per heavy atom. The van der Waals surface area contributed by atoms with Crippen molar-refractivity contribution in [2.45, 2.75) is 34.9 Å². The standard InChI is InChI=1S/C52H40O2/c53-51(45-33-17-13-29-41(45)49(37-21-5-1-6-22-37,38-23-7-2-8-24-38)42-30-14-18-34-46(42)51)52(54)47-35-19-15-31-43(47)50(39-25-9-3-10-26-39,40-27-11-4-12-28-40)44-32-16-20-36-48(44)52/h1-3,5-11,13-36,53-54H,4,12H2. The molecule has 0 unspecified atom stereocenters. The van der Waals surface area contributed by atoms with Crippen LogP contribution < -0.4 is 0 Å². The van der Waals surface area contributed by atoms with Crippen LogP contribution in [-0.2, 0) is 22.0 Å². The SMILES string of the molecule is OC1(C2(O)c3ccccc3C(c3ccccc3)(c3ccccc3)c3ccccc32)c2ccccc2C(C2=CCCC=C2)(c2ccccc2)c2ccccc21. The van der Waals surface area contributed by atoms with E-state index in [1.54, 1.807) is 0 Å². The van der Waals surface area contributed by atoms with Gasteiger partial charge in [-0.15, -0.1) is 0 Å². The molecule has 0 spiro atoms. The summed E-state index contributed by atoms with van der Waals surface area (Å²) in [6, 6.07) is 64.9. The normalized spacial score (nSPS) is 21.5. The smallest absolute Gasteiger partial charge is 0.152 e. The van der Waals surface area contributed by atoms with E-state index in [9.17, 15) is 10.2 Å². The van der Waals surface area contributed by atoms with Crippen LogP contribution in [0.25, 0.3) is 0 Å². The van der Waals surface area contributed by atoms with E-state index in [2.05, 4.69) is 146 Å². The van der Waals surface area contributed by atoms with Crippen LogP contribution in [0.3, 0.4) is 0 Å². The van der Waals surface area contributed by atoms with Gasteiger partial charge >= 0.3 is 0 Å². The summed E-state index contributed by atoms with van der Waals surface area (Å²) >= 11 is 0. The lowest BCUT2D eigenvalue weighted by molar-refractivity contribution is -0.118. The quantitative estimate of drug-likeness (QED) is 0.188. The molecule has 2 N–H and O–H groups in total. The Morgan fingerprint density at radius 1 is 0.315 bits per heavy atom. The number of fused-ring (bicyclic) bond motifs is 4. The maximum absolute atomic E-state index is 14.4. The van der Waals surface area contributed by atoms with Gasteiger partial charge in [0.1, 0.15) is 0 Å². The molecule has 7 aromatic carbocycles. The minimum Gasteiger partial charge on any atom is -0.377 e. The molecule has 2 heteroatoms. The summed E-state index contributed by atoms with van der Waals surface area (Å²) in [6.45, 7) is 0. The first-order valence-corrected chi connectivity index (χ1v) is 19.0. The molecule has 10 rings (SSSR count). The fourth-order valence-electron chi connectivity index (χ4n) is 10.4. The molecule has 3 aliphatic rings. The highest BCUT2D eigenvalue weighted by Crippen LogP contribution is 2.65. The van der Waals surface area contributed by atoms with Gasteiger partial charge in [0.05, 0.1) is 10.8 Å². The molecule has 0 amide bonds. The highest BCUT2D eigenvalue weighted by atomic mass is 16.4. The lowest BCUT2D eigenvalue weighted by Crippen LogP contribution is -2.59. The number of rotatable bonds is 5. The Labute approximate surface area is 317 Å². The molecule has 0 atom stereocenters. The number of hydrogen-bond acceptors (Lipinski definition) is 2. The van der Waals surface area contributed by atoms with Gasteiger partial charge in [-0.1, -0.05) is 206 Å². The zero-order valence-electron chi connectivity index (χ0n) is 29.9. The van der Waals surface area contributed by atoms with Gasteiger partial charge in [-0.2, -0.15) is 0 Å². The van der Waals surface area contributed by atoms with Gasteiger partial charge in [0.15, 0.2) is 11.2 Å². The summed E-state index contributed by atoms with van der Waals surface area (Å²) in [7, 11) is 0. The molecule has 0 saturated carbocycles. The molecule has 3 aliphatic carbocycles. The van der Waals surface area contributed by atoms with Crippen molar-refractivity contribution in [2.24, 2.45) is 0 Å². The van der Waals surface area contributed by atoms with Gasteiger partial charge in [0.2, 0.25) is 0 Å². The summed E-state index contributed by atoms with van der Waals surface area (Å²) in [4.78, 5) is 0. The zero-order valence-corrected chi connectivity index (χ0v) is 29.9. The first-order chi connectivity index (χ1) is 26.6. The van der Waals surface area contributed by atoms with E-state index in [1.165, 1.54) is 5.57 Å². The van der Waals surface area contributed by atoms with Crippen molar-refractivity contribution in [2.75, 3.05) is 0 Å². The molecule has 54 heavy (non-hydrogen) atoms. The number of hydrogen-bond donors (Lipinski definition) is 2. The average Bonchev–Trinajstić information content (AvgIpc) is 3.26. The molecule has 260 valence electrons. The zero-order chi connectivity index (χ0) is 36.4. The number of aliphatic hydroxyl groups is 2. The van der Waals surface area contributed by atoms with Crippen molar-refractivity contribution in [1.82, 2.24) is 0 Å². The Kier molecular flexibility index (Phi) is 7.39. The minimum atomic E-state index is -1.92. The van der Waals surface area contributed by atoms with Crippen molar-refractivity contribution in [3.8, 4) is 0 Å². The van der Waals surface area contributed by atoms with Crippen molar-refractivity contribution < 1.29 is 10.2 Å². The Balaban J connectivity index is 1.36. The summed E-state index contributed by atoms with van der Waals surface area (Å²) < 4.78 is 0. The van der Waals surface area contributed by atoms with Crippen molar-refractivity contribution in [3.63, 3.8) is 0 Å². The van der Waals surface area contributed by atoms with E-state index in [4.69, 9.17) is 0 Å². The minimum absolute atomic E-state index is 0.674. The summed E-state index contributed by atoms with van der Waals surface area (Å²) in [5.41, 5.74) is 5.64. The molecule has 0 fully saturated rings. The molecule has 7 aromatic rings. The van der Waals surface area contributed by atoms with E-state index < -0.39 is 22.0 Å². The third kappa shape index (κ3) is 4.07. The predicted octanol–water partition coefficient (Wildman–Crippen LogP) is 10.5. The van der Waals surface area contributed by atoms with Crippen LogP contribution in [0.15, 0.2) is 212 Å². The van der Waals surface area contributed by atoms with Gasteiger partial charge in [0, 0.05) is 0 Å². The lowest BCUT2D eigenvalue weighted by Gasteiger charge is -2.57. The molecule has 0 aromatic heterocycles. The van der Waals surface area contributed by atoms with Gasteiger partial charge in [0.25, 0.3) is 0 Å². The van der Waals surface area contributed by atoms with Crippen LogP contribution in [0.2, 0.25) is 0 Å². The van der Waals surface area contributed by atoms with Crippen molar-refractivity contribution in [1.29, 1.82) is 0 Å². The Bertz CT molecular complexity index is 2440. The number of allylic oxidation sites excluding steroid dienone is 4. The number of benzene rings is 7. The fraction of sp³-hybridized carbons (Fsp3) is 0.115. The van der Waals surface area contributed by atoms with Gasteiger partial charge < -0.3 is 10.2 Å². The van der Waals surface area contributed by atoms with E-state index in [1.807, 2.05) is 60.7 Å². The van der Waals surface area contributed by atoms with Gasteiger partial charge in [-0.25, -0.2) is 0 Å². The van der Waals surface area contributed by atoms with E-state index in [0.717, 1.165) is 51.8 Å². The van der Waals surface area contributed by atoms with Crippen LogP contribution in [0, 0.1) is 0 Å². The van der Waals surface area contributed by atoms with Gasteiger partial charge in [-0.05, 0) is 79.6 Å². The van der Waals surface area contributed by atoms with Crippen LogP contribution in [0.4, 0.5) is 0 Å². The third-order valence-electron chi connectivity index (χ3n) is 12.5. The fourth-order valence-corrected chi connectivity index (χ4v) is 10.4. The topological polar surface area (TPSA) is 40.5 Å². The van der Waals surface area contributed by atoms with Crippen LogP contribution in [-0.4, -0.2) is 10.2 Å².